The Hall–Kier alpha value is -1.31. The molecule has 1 aliphatic heterocycles. The van der Waals surface area contributed by atoms with Gasteiger partial charge in [-0.15, -0.1) is 0 Å². The monoisotopic (exact) mass is 358 g/mol. The summed E-state index contributed by atoms with van der Waals surface area (Å²) < 4.78 is 5.54. The average Bonchev–Trinajstić information content (AvgIpc) is 2.89. The van der Waals surface area contributed by atoms with Crippen molar-refractivity contribution in [3.05, 3.63) is 35.9 Å². The molecule has 1 fully saturated rings. The number of rotatable bonds is 13. The summed E-state index contributed by atoms with van der Waals surface area (Å²) in [6, 6.07) is 10.8. The SMILES string of the molecule is C[C@H]1C[C@@](C)(CCCCCCCCCCCCc2ccccc2)OC1=O. The third kappa shape index (κ3) is 7.93. The normalized spacial score (nSPS) is 22.5. The molecule has 1 heterocycles. The summed E-state index contributed by atoms with van der Waals surface area (Å²) in [5.41, 5.74) is 1.29. The Morgan fingerprint density at radius 1 is 0.885 bits per heavy atom. The highest BCUT2D eigenvalue weighted by atomic mass is 16.6. The van der Waals surface area contributed by atoms with Gasteiger partial charge in [0.1, 0.15) is 5.60 Å². The van der Waals surface area contributed by atoms with Crippen LogP contribution in [0.25, 0.3) is 0 Å². The maximum absolute atomic E-state index is 11.5. The van der Waals surface area contributed by atoms with Gasteiger partial charge in [-0.05, 0) is 44.6 Å². The van der Waals surface area contributed by atoms with Crippen molar-refractivity contribution in [1.82, 2.24) is 0 Å². The van der Waals surface area contributed by atoms with Gasteiger partial charge in [-0.1, -0.05) is 88.6 Å². The number of carbonyl (C=O) groups is 1. The van der Waals surface area contributed by atoms with E-state index in [9.17, 15) is 4.79 Å². The summed E-state index contributed by atoms with van der Waals surface area (Å²) >= 11 is 0. The van der Waals surface area contributed by atoms with Gasteiger partial charge in [0.05, 0.1) is 5.92 Å². The molecule has 0 spiro atoms. The molecule has 146 valence electrons. The molecular formula is C24H38O2. The standard InChI is InChI=1S/C24H38O2/c1-21-20-24(2,26-23(21)25)19-15-10-8-6-4-3-5-7-9-12-16-22-17-13-11-14-18-22/h11,13-14,17-18,21H,3-10,12,15-16,19-20H2,1-2H3/t21-,24+/m0/s1. The van der Waals surface area contributed by atoms with Crippen molar-refractivity contribution in [3.8, 4) is 0 Å². The number of cyclic esters (lactones) is 1. The molecule has 1 aromatic rings. The Kier molecular flexibility index (Phi) is 9.22. The van der Waals surface area contributed by atoms with Crippen LogP contribution < -0.4 is 0 Å². The Bertz CT molecular complexity index is 510. The van der Waals surface area contributed by atoms with Crippen molar-refractivity contribution < 1.29 is 9.53 Å². The second-order valence-electron chi connectivity index (χ2n) is 8.50. The lowest BCUT2D eigenvalue weighted by molar-refractivity contribution is -0.149. The lowest BCUT2D eigenvalue weighted by Crippen LogP contribution is -2.23. The van der Waals surface area contributed by atoms with Crippen LogP contribution in [0.1, 0.15) is 96.5 Å². The predicted molar refractivity (Wildman–Crippen MR) is 109 cm³/mol. The molecule has 26 heavy (non-hydrogen) atoms. The Balaban J connectivity index is 1.35. The van der Waals surface area contributed by atoms with Crippen LogP contribution in [-0.4, -0.2) is 11.6 Å². The minimum atomic E-state index is -0.184. The van der Waals surface area contributed by atoms with Gasteiger partial charge in [0.15, 0.2) is 0 Å². The van der Waals surface area contributed by atoms with Gasteiger partial charge < -0.3 is 4.74 Å². The van der Waals surface area contributed by atoms with Crippen molar-refractivity contribution in [3.63, 3.8) is 0 Å². The molecule has 2 heteroatoms. The van der Waals surface area contributed by atoms with E-state index in [2.05, 4.69) is 37.3 Å². The quantitative estimate of drug-likeness (QED) is 0.284. The molecule has 0 N–H and O–H groups in total. The van der Waals surface area contributed by atoms with Gasteiger partial charge >= 0.3 is 5.97 Å². The molecule has 0 aromatic heterocycles. The zero-order valence-corrected chi connectivity index (χ0v) is 17.0. The third-order valence-electron chi connectivity index (χ3n) is 5.75. The summed E-state index contributed by atoms with van der Waals surface area (Å²) in [4.78, 5) is 11.5. The molecule has 2 atom stereocenters. The van der Waals surface area contributed by atoms with Crippen LogP contribution in [0.15, 0.2) is 30.3 Å². The Labute approximate surface area is 160 Å². The van der Waals surface area contributed by atoms with E-state index in [0.717, 1.165) is 12.8 Å². The molecule has 0 unspecified atom stereocenters. The topological polar surface area (TPSA) is 26.3 Å². The van der Waals surface area contributed by atoms with Crippen LogP contribution in [0.2, 0.25) is 0 Å². The van der Waals surface area contributed by atoms with Crippen LogP contribution in [0.4, 0.5) is 0 Å². The molecule has 2 rings (SSSR count). The minimum Gasteiger partial charge on any atom is -0.459 e. The summed E-state index contributed by atoms with van der Waals surface area (Å²) in [5, 5.41) is 0. The fourth-order valence-electron chi connectivity index (χ4n) is 4.16. The van der Waals surface area contributed by atoms with Crippen LogP contribution in [0, 0.1) is 5.92 Å². The van der Waals surface area contributed by atoms with Gasteiger partial charge in [-0.3, -0.25) is 4.79 Å². The Morgan fingerprint density at radius 3 is 1.96 bits per heavy atom. The van der Waals surface area contributed by atoms with E-state index >= 15 is 0 Å². The summed E-state index contributed by atoms with van der Waals surface area (Å²) in [6.45, 7) is 4.08. The van der Waals surface area contributed by atoms with E-state index < -0.39 is 0 Å². The second kappa shape index (κ2) is 11.4. The van der Waals surface area contributed by atoms with E-state index in [-0.39, 0.29) is 17.5 Å². The predicted octanol–water partition coefficient (Wildman–Crippen LogP) is 6.86. The molecule has 0 radical (unpaired) electrons. The van der Waals surface area contributed by atoms with Crippen LogP contribution >= 0.6 is 0 Å². The van der Waals surface area contributed by atoms with E-state index in [1.165, 1.54) is 76.2 Å². The van der Waals surface area contributed by atoms with Crippen LogP contribution in [-0.2, 0) is 16.0 Å². The number of hydrogen-bond acceptors (Lipinski definition) is 2. The number of aryl methyl sites for hydroxylation is 1. The average molecular weight is 359 g/mol. The number of ether oxygens (including phenoxy) is 1. The lowest BCUT2D eigenvalue weighted by atomic mass is 9.91. The number of esters is 1. The minimum absolute atomic E-state index is 0.00346. The summed E-state index contributed by atoms with van der Waals surface area (Å²) in [6.07, 6.45) is 16.5. The number of unbranched alkanes of at least 4 members (excludes halogenated alkanes) is 9. The maximum atomic E-state index is 11.5. The van der Waals surface area contributed by atoms with Gasteiger partial charge in [-0.25, -0.2) is 0 Å². The second-order valence-corrected chi connectivity index (χ2v) is 8.50. The first kappa shape index (κ1) is 21.0. The molecule has 1 saturated heterocycles. The molecular weight excluding hydrogens is 320 g/mol. The summed E-state index contributed by atoms with van der Waals surface area (Å²) in [5.74, 6) is 0.0870. The molecule has 2 nitrogen and oxygen atoms in total. The first-order valence-corrected chi connectivity index (χ1v) is 10.9. The number of hydrogen-bond donors (Lipinski definition) is 0. The summed E-state index contributed by atoms with van der Waals surface area (Å²) in [7, 11) is 0. The van der Waals surface area contributed by atoms with Crippen molar-refractivity contribution >= 4 is 5.97 Å². The number of carbonyl (C=O) groups excluding carboxylic acids is 1. The first-order valence-electron chi connectivity index (χ1n) is 10.9. The van der Waals surface area contributed by atoms with E-state index in [0.29, 0.717) is 0 Å². The zero-order chi connectivity index (χ0) is 18.7. The molecule has 1 aliphatic rings. The van der Waals surface area contributed by atoms with Crippen molar-refractivity contribution in [2.24, 2.45) is 5.92 Å². The molecule has 0 saturated carbocycles. The molecule has 0 amide bonds. The van der Waals surface area contributed by atoms with E-state index in [1.807, 2.05) is 6.92 Å². The van der Waals surface area contributed by atoms with E-state index in [4.69, 9.17) is 4.74 Å². The first-order chi connectivity index (χ1) is 12.6. The largest absolute Gasteiger partial charge is 0.459 e. The van der Waals surface area contributed by atoms with Gasteiger partial charge in [0.2, 0.25) is 0 Å². The smallest absolute Gasteiger partial charge is 0.309 e. The molecule has 0 bridgehead atoms. The highest BCUT2D eigenvalue weighted by Crippen LogP contribution is 2.34. The van der Waals surface area contributed by atoms with Gasteiger partial charge in [0, 0.05) is 0 Å². The fourth-order valence-corrected chi connectivity index (χ4v) is 4.16. The molecule has 1 aromatic carbocycles. The van der Waals surface area contributed by atoms with Gasteiger partial charge in [0.25, 0.3) is 0 Å². The van der Waals surface area contributed by atoms with Crippen molar-refractivity contribution in [2.75, 3.05) is 0 Å². The maximum Gasteiger partial charge on any atom is 0.309 e. The highest BCUT2D eigenvalue weighted by Gasteiger charge is 2.40. The molecule has 0 aliphatic carbocycles. The van der Waals surface area contributed by atoms with Crippen LogP contribution in [0.5, 0.6) is 0 Å². The van der Waals surface area contributed by atoms with Crippen molar-refractivity contribution in [1.29, 1.82) is 0 Å². The number of benzene rings is 1. The fraction of sp³-hybridized carbons (Fsp3) is 0.708. The van der Waals surface area contributed by atoms with Crippen LogP contribution in [0.3, 0.4) is 0 Å². The zero-order valence-electron chi connectivity index (χ0n) is 17.0. The lowest BCUT2D eigenvalue weighted by Gasteiger charge is -2.22. The van der Waals surface area contributed by atoms with E-state index in [1.54, 1.807) is 0 Å². The highest BCUT2D eigenvalue weighted by molar-refractivity contribution is 5.74. The van der Waals surface area contributed by atoms with Gasteiger partial charge in [-0.2, -0.15) is 0 Å². The third-order valence-corrected chi connectivity index (χ3v) is 5.75. The van der Waals surface area contributed by atoms with Crippen molar-refractivity contribution in [2.45, 2.75) is 103 Å². The Morgan fingerprint density at radius 2 is 1.42 bits per heavy atom.